The second kappa shape index (κ2) is 6.45. The van der Waals surface area contributed by atoms with E-state index in [-0.39, 0.29) is 17.5 Å². The minimum atomic E-state index is -0.529. The molecular formula is C15H14ClFN2O2. The van der Waals surface area contributed by atoms with Gasteiger partial charge in [0.25, 0.3) is 0 Å². The number of hydrogen-bond donors (Lipinski definition) is 2. The van der Waals surface area contributed by atoms with Crippen LogP contribution in [0, 0.1) is 11.2 Å². The van der Waals surface area contributed by atoms with Crippen LogP contribution in [0.15, 0.2) is 36.4 Å². The Morgan fingerprint density at radius 1 is 1.29 bits per heavy atom. The molecule has 0 saturated heterocycles. The third-order valence-corrected chi connectivity index (χ3v) is 3.16. The molecule has 0 fully saturated rings. The summed E-state index contributed by atoms with van der Waals surface area (Å²) in [5.41, 5.74) is 6.78. The van der Waals surface area contributed by atoms with Gasteiger partial charge in [0.2, 0.25) is 0 Å². The smallest absolute Gasteiger partial charge is 0.145 e. The number of methoxy groups -OCH3 is 1. The number of nitrogens with one attached hydrogen (secondary N) is 1. The summed E-state index contributed by atoms with van der Waals surface area (Å²) in [5, 5.41) is 7.49. The fourth-order valence-electron chi connectivity index (χ4n) is 1.78. The summed E-state index contributed by atoms with van der Waals surface area (Å²) in [4.78, 5) is 0. The monoisotopic (exact) mass is 308 g/mol. The Morgan fingerprint density at radius 3 is 2.67 bits per heavy atom. The molecule has 110 valence electrons. The zero-order chi connectivity index (χ0) is 15.4. The maximum atomic E-state index is 13.3. The average Bonchev–Trinajstić information content (AvgIpc) is 2.48. The molecule has 2 aromatic rings. The molecule has 0 spiro atoms. The van der Waals surface area contributed by atoms with Gasteiger partial charge in [-0.25, -0.2) is 4.39 Å². The number of nitrogens with two attached hydrogens (primary N) is 1. The first-order valence-corrected chi connectivity index (χ1v) is 6.48. The quantitative estimate of drug-likeness (QED) is 0.657. The van der Waals surface area contributed by atoms with Crippen molar-refractivity contribution in [2.24, 2.45) is 5.73 Å². The maximum Gasteiger partial charge on any atom is 0.145 e. The molecule has 0 aliphatic rings. The minimum Gasteiger partial charge on any atom is -0.496 e. The molecule has 2 aromatic carbocycles. The van der Waals surface area contributed by atoms with Gasteiger partial charge in [-0.15, -0.1) is 0 Å². The molecule has 4 nitrogen and oxygen atoms in total. The van der Waals surface area contributed by atoms with Crippen LogP contribution in [0.4, 0.5) is 4.39 Å². The minimum absolute atomic E-state index is 0.0508. The second-order valence-corrected chi connectivity index (χ2v) is 4.72. The van der Waals surface area contributed by atoms with E-state index in [2.05, 4.69) is 0 Å². The normalized spacial score (nSPS) is 10.2. The topological polar surface area (TPSA) is 68.3 Å². The van der Waals surface area contributed by atoms with Crippen LogP contribution < -0.4 is 15.2 Å². The zero-order valence-electron chi connectivity index (χ0n) is 11.3. The van der Waals surface area contributed by atoms with Crippen molar-refractivity contribution in [3.05, 3.63) is 58.4 Å². The third-order valence-electron chi connectivity index (χ3n) is 2.85. The van der Waals surface area contributed by atoms with E-state index in [4.69, 9.17) is 32.2 Å². The predicted octanol–water partition coefficient (Wildman–Crippen LogP) is 3.35. The van der Waals surface area contributed by atoms with Gasteiger partial charge in [0.1, 0.15) is 29.8 Å². The number of hydrogen-bond acceptors (Lipinski definition) is 3. The molecule has 21 heavy (non-hydrogen) atoms. The highest BCUT2D eigenvalue weighted by Gasteiger charge is 2.08. The van der Waals surface area contributed by atoms with Crippen LogP contribution in [0.25, 0.3) is 0 Å². The van der Waals surface area contributed by atoms with Gasteiger partial charge >= 0.3 is 0 Å². The molecule has 0 aliphatic heterocycles. The SMILES string of the molecule is COc1cc(COc2ccc(Cl)c(F)c2)ccc1C(=N)N. The van der Waals surface area contributed by atoms with Crippen LogP contribution in [0.2, 0.25) is 5.02 Å². The molecule has 0 radical (unpaired) electrons. The number of amidine groups is 1. The Bertz CT molecular complexity index is 677. The fraction of sp³-hybridized carbons (Fsp3) is 0.133. The van der Waals surface area contributed by atoms with Gasteiger partial charge in [0.15, 0.2) is 0 Å². The summed E-state index contributed by atoms with van der Waals surface area (Å²) in [6.45, 7) is 0.232. The Kier molecular flexibility index (Phi) is 4.65. The van der Waals surface area contributed by atoms with Gasteiger partial charge < -0.3 is 15.2 Å². The largest absolute Gasteiger partial charge is 0.496 e. The molecule has 6 heteroatoms. The summed E-state index contributed by atoms with van der Waals surface area (Å²) in [6.07, 6.45) is 0. The lowest BCUT2D eigenvalue weighted by atomic mass is 10.1. The molecule has 0 saturated carbocycles. The molecule has 0 heterocycles. The van der Waals surface area contributed by atoms with Gasteiger partial charge in [-0.3, -0.25) is 5.41 Å². The fourth-order valence-corrected chi connectivity index (χ4v) is 1.90. The first kappa shape index (κ1) is 15.1. The van der Waals surface area contributed by atoms with Crippen molar-refractivity contribution >= 4 is 17.4 Å². The number of nitrogen functional groups attached to an aromatic ring is 1. The average molecular weight is 309 g/mol. The Hall–Kier alpha value is -2.27. The summed E-state index contributed by atoms with van der Waals surface area (Å²) in [6, 6.07) is 9.43. The summed E-state index contributed by atoms with van der Waals surface area (Å²) in [5.74, 6) is 0.273. The van der Waals surface area contributed by atoms with Crippen molar-refractivity contribution in [3.8, 4) is 11.5 Å². The molecule has 0 unspecified atom stereocenters. The summed E-state index contributed by atoms with van der Waals surface area (Å²) >= 11 is 5.61. The molecule has 0 aromatic heterocycles. The first-order valence-electron chi connectivity index (χ1n) is 6.10. The van der Waals surface area contributed by atoms with Crippen LogP contribution in [-0.4, -0.2) is 12.9 Å². The molecule has 2 rings (SSSR count). The van der Waals surface area contributed by atoms with Gasteiger partial charge in [0, 0.05) is 6.07 Å². The zero-order valence-corrected chi connectivity index (χ0v) is 12.1. The standard InChI is InChI=1S/C15H14ClFN2O2/c1-20-14-6-9(2-4-11(14)15(18)19)8-21-10-3-5-12(16)13(17)7-10/h2-7H,8H2,1H3,(H3,18,19). The third kappa shape index (κ3) is 3.64. The van der Waals surface area contributed by atoms with Crippen LogP contribution in [0.3, 0.4) is 0 Å². The van der Waals surface area contributed by atoms with E-state index in [1.54, 1.807) is 24.3 Å². The van der Waals surface area contributed by atoms with E-state index in [9.17, 15) is 4.39 Å². The van der Waals surface area contributed by atoms with Gasteiger partial charge in [0.05, 0.1) is 17.7 Å². The van der Waals surface area contributed by atoms with E-state index in [1.807, 2.05) is 0 Å². The summed E-state index contributed by atoms with van der Waals surface area (Å²) < 4.78 is 24.0. The Balaban J connectivity index is 2.13. The second-order valence-electron chi connectivity index (χ2n) is 4.31. The van der Waals surface area contributed by atoms with Crippen molar-refractivity contribution < 1.29 is 13.9 Å². The van der Waals surface area contributed by atoms with Crippen molar-refractivity contribution in [1.29, 1.82) is 5.41 Å². The van der Waals surface area contributed by atoms with E-state index in [1.165, 1.54) is 19.2 Å². The molecule has 0 aliphatic carbocycles. The van der Waals surface area contributed by atoms with Crippen LogP contribution >= 0.6 is 11.6 Å². The van der Waals surface area contributed by atoms with Gasteiger partial charge in [-0.05, 0) is 29.8 Å². The van der Waals surface area contributed by atoms with Crippen molar-refractivity contribution in [3.63, 3.8) is 0 Å². The van der Waals surface area contributed by atoms with E-state index in [0.717, 1.165) is 5.56 Å². The number of ether oxygens (including phenoxy) is 2. The van der Waals surface area contributed by atoms with Crippen LogP contribution in [0.5, 0.6) is 11.5 Å². The Labute approximate surface area is 126 Å². The highest BCUT2D eigenvalue weighted by molar-refractivity contribution is 6.30. The van der Waals surface area contributed by atoms with Crippen molar-refractivity contribution in [2.75, 3.05) is 7.11 Å². The Morgan fingerprint density at radius 2 is 2.05 bits per heavy atom. The number of benzene rings is 2. The lowest BCUT2D eigenvalue weighted by Gasteiger charge is -2.11. The van der Waals surface area contributed by atoms with E-state index >= 15 is 0 Å². The molecule has 0 amide bonds. The van der Waals surface area contributed by atoms with Gasteiger partial charge in [-0.2, -0.15) is 0 Å². The number of rotatable bonds is 5. The lowest BCUT2D eigenvalue weighted by molar-refractivity contribution is 0.303. The molecular weight excluding hydrogens is 295 g/mol. The van der Waals surface area contributed by atoms with Crippen molar-refractivity contribution in [1.82, 2.24) is 0 Å². The molecule has 3 N–H and O–H groups in total. The lowest BCUT2D eigenvalue weighted by Crippen LogP contribution is -2.12. The first-order chi connectivity index (χ1) is 10.0. The highest BCUT2D eigenvalue weighted by Crippen LogP contribution is 2.23. The highest BCUT2D eigenvalue weighted by atomic mass is 35.5. The predicted molar refractivity (Wildman–Crippen MR) is 79.8 cm³/mol. The van der Waals surface area contributed by atoms with Crippen molar-refractivity contribution in [2.45, 2.75) is 6.61 Å². The maximum absolute atomic E-state index is 13.3. The molecule has 0 atom stereocenters. The summed E-state index contributed by atoms with van der Waals surface area (Å²) in [7, 11) is 1.50. The van der Waals surface area contributed by atoms with Crippen LogP contribution in [0.1, 0.15) is 11.1 Å². The molecule has 0 bridgehead atoms. The number of halogens is 2. The van der Waals surface area contributed by atoms with Crippen LogP contribution in [-0.2, 0) is 6.61 Å². The van der Waals surface area contributed by atoms with E-state index < -0.39 is 5.82 Å². The van der Waals surface area contributed by atoms with E-state index in [0.29, 0.717) is 17.1 Å². The van der Waals surface area contributed by atoms with Gasteiger partial charge in [-0.1, -0.05) is 17.7 Å².